The summed E-state index contributed by atoms with van der Waals surface area (Å²) in [5, 5.41) is 0. The van der Waals surface area contributed by atoms with E-state index in [-0.39, 0.29) is 0 Å². The van der Waals surface area contributed by atoms with Gasteiger partial charge >= 0.3 is 0 Å². The van der Waals surface area contributed by atoms with Gasteiger partial charge in [0.15, 0.2) is 0 Å². The predicted octanol–water partition coefficient (Wildman–Crippen LogP) is 3.13. The lowest BCUT2D eigenvalue weighted by Crippen LogP contribution is -2.49. The van der Waals surface area contributed by atoms with E-state index in [9.17, 15) is 4.79 Å². The van der Waals surface area contributed by atoms with Crippen molar-refractivity contribution >= 4 is 17.2 Å². The third-order valence-electron chi connectivity index (χ3n) is 5.88. The summed E-state index contributed by atoms with van der Waals surface area (Å²) in [4.78, 5) is 22.5. The molecule has 0 bridgehead atoms. The van der Waals surface area contributed by atoms with E-state index in [1.54, 1.807) is 0 Å². The summed E-state index contributed by atoms with van der Waals surface area (Å²) in [5.74, 6) is 0.969. The Labute approximate surface area is 156 Å². The summed E-state index contributed by atoms with van der Waals surface area (Å²) in [6.45, 7) is 15.0. The van der Waals surface area contributed by atoms with Gasteiger partial charge in [0, 0.05) is 48.9 Å². The van der Waals surface area contributed by atoms with Crippen LogP contribution < -0.4 is 0 Å². The van der Waals surface area contributed by atoms with Gasteiger partial charge in [0.2, 0.25) is 5.91 Å². The van der Waals surface area contributed by atoms with Crippen LogP contribution in [0.4, 0.5) is 0 Å². The van der Waals surface area contributed by atoms with E-state index in [1.807, 2.05) is 11.3 Å². The van der Waals surface area contributed by atoms with Gasteiger partial charge in [-0.2, -0.15) is 0 Å². The number of likely N-dealkylation sites (tertiary alicyclic amines) is 1. The molecule has 25 heavy (non-hydrogen) atoms. The van der Waals surface area contributed by atoms with Crippen LogP contribution in [0.25, 0.3) is 0 Å². The molecular weight excluding hydrogens is 330 g/mol. The molecule has 0 aliphatic carbocycles. The SMILES string of the molecule is CCN1CCN(C(=O)CC2CCN(Cc3cc(C)sc3C)CC2)CC1. The Morgan fingerprint density at radius 1 is 1.08 bits per heavy atom. The van der Waals surface area contributed by atoms with Crippen molar-refractivity contribution in [2.45, 2.75) is 46.6 Å². The van der Waals surface area contributed by atoms with Gasteiger partial charge in [-0.05, 0) is 63.9 Å². The van der Waals surface area contributed by atoms with Crippen LogP contribution in [-0.2, 0) is 11.3 Å². The second-order valence-corrected chi connectivity index (χ2v) is 9.14. The fourth-order valence-electron chi connectivity index (χ4n) is 4.12. The van der Waals surface area contributed by atoms with Gasteiger partial charge in [-0.15, -0.1) is 11.3 Å². The number of carbonyl (C=O) groups is 1. The van der Waals surface area contributed by atoms with E-state index >= 15 is 0 Å². The van der Waals surface area contributed by atoms with Crippen molar-refractivity contribution in [1.82, 2.24) is 14.7 Å². The molecule has 1 aromatic heterocycles. The molecule has 0 spiro atoms. The zero-order chi connectivity index (χ0) is 17.8. The van der Waals surface area contributed by atoms with E-state index in [4.69, 9.17) is 0 Å². The first-order valence-corrected chi connectivity index (χ1v) is 10.6. The van der Waals surface area contributed by atoms with Gasteiger partial charge in [-0.25, -0.2) is 0 Å². The van der Waals surface area contributed by atoms with Crippen LogP contribution in [-0.4, -0.2) is 66.4 Å². The van der Waals surface area contributed by atoms with E-state index in [1.165, 1.54) is 28.2 Å². The zero-order valence-corrected chi connectivity index (χ0v) is 16.9. The highest BCUT2D eigenvalue weighted by atomic mass is 32.1. The molecule has 0 radical (unpaired) electrons. The summed E-state index contributed by atoms with van der Waals surface area (Å²) in [6.07, 6.45) is 3.10. The number of hydrogen-bond acceptors (Lipinski definition) is 4. The van der Waals surface area contributed by atoms with Gasteiger partial charge in [0.05, 0.1) is 0 Å². The molecule has 1 aromatic rings. The topological polar surface area (TPSA) is 26.8 Å². The fraction of sp³-hybridized carbons (Fsp3) is 0.750. The Balaban J connectivity index is 1.40. The maximum Gasteiger partial charge on any atom is 0.222 e. The lowest BCUT2D eigenvalue weighted by Gasteiger charge is -2.36. The minimum Gasteiger partial charge on any atom is -0.340 e. The molecule has 2 saturated heterocycles. The molecule has 4 nitrogen and oxygen atoms in total. The van der Waals surface area contributed by atoms with Crippen molar-refractivity contribution in [1.29, 1.82) is 0 Å². The number of piperidine rings is 1. The molecule has 0 unspecified atom stereocenters. The number of amides is 1. The second kappa shape index (κ2) is 8.65. The molecule has 1 amide bonds. The van der Waals surface area contributed by atoms with E-state index in [0.717, 1.165) is 58.8 Å². The number of nitrogens with zero attached hydrogens (tertiary/aromatic N) is 3. The highest BCUT2D eigenvalue weighted by Crippen LogP contribution is 2.26. The molecule has 5 heteroatoms. The number of likely N-dealkylation sites (N-methyl/N-ethyl adjacent to an activating group) is 1. The number of thiophene rings is 1. The van der Waals surface area contributed by atoms with Crippen molar-refractivity contribution in [2.75, 3.05) is 45.8 Å². The van der Waals surface area contributed by atoms with Crippen molar-refractivity contribution in [3.63, 3.8) is 0 Å². The summed E-state index contributed by atoms with van der Waals surface area (Å²) >= 11 is 1.90. The maximum atomic E-state index is 12.6. The standard InChI is InChI=1S/C20H33N3OS/c1-4-21-9-11-23(12-10-21)20(24)14-18-5-7-22(8-6-18)15-19-13-16(2)25-17(19)3/h13,18H,4-12,14-15H2,1-3H3. The Hall–Kier alpha value is -0.910. The second-order valence-electron chi connectivity index (χ2n) is 7.68. The average Bonchev–Trinajstić information content (AvgIpc) is 2.94. The normalized spacial score (nSPS) is 21.0. The molecule has 2 aliphatic heterocycles. The smallest absolute Gasteiger partial charge is 0.222 e. The predicted molar refractivity (Wildman–Crippen MR) is 105 cm³/mol. The molecule has 3 rings (SSSR count). The Bertz CT molecular complexity index is 569. The quantitative estimate of drug-likeness (QED) is 0.804. The lowest BCUT2D eigenvalue weighted by atomic mass is 9.92. The largest absolute Gasteiger partial charge is 0.340 e. The summed E-state index contributed by atoms with van der Waals surface area (Å²) in [5.41, 5.74) is 1.49. The number of carbonyl (C=O) groups excluding carboxylic acids is 1. The van der Waals surface area contributed by atoms with E-state index in [0.29, 0.717) is 11.8 Å². The van der Waals surface area contributed by atoms with Gasteiger partial charge in [0.25, 0.3) is 0 Å². The van der Waals surface area contributed by atoms with Crippen LogP contribution in [0.1, 0.15) is 41.5 Å². The minimum atomic E-state index is 0.388. The van der Waals surface area contributed by atoms with Gasteiger partial charge < -0.3 is 9.80 Å². The van der Waals surface area contributed by atoms with Crippen LogP contribution in [0.3, 0.4) is 0 Å². The average molecular weight is 364 g/mol. The van der Waals surface area contributed by atoms with E-state index in [2.05, 4.69) is 41.5 Å². The third kappa shape index (κ3) is 5.05. The molecule has 0 aromatic carbocycles. The number of piperazine rings is 1. The van der Waals surface area contributed by atoms with Crippen molar-refractivity contribution in [2.24, 2.45) is 5.92 Å². The minimum absolute atomic E-state index is 0.388. The maximum absolute atomic E-state index is 12.6. The van der Waals surface area contributed by atoms with Crippen molar-refractivity contribution < 1.29 is 4.79 Å². The van der Waals surface area contributed by atoms with Crippen molar-refractivity contribution in [3.8, 4) is 0 Å². The zero-order valence-electron chi connectivity index (χ0n) is 16.1. The fourth-order valence-corrected chi connectivity index (χ4v) is 5.06. The van der Waals surface area contributed by atoms with Crippen LogP contribution in [0.5, 0.6) is 0 Å². The van der Waals surface area contributed by atoms with Crippen molar-refractivity contribution in [3.05, 3.63) is 21.4 Å². The first-order chi connectivity index (χ1) is 12.0. The van der Waals surface area contributed by atoms with Gasteiger partial charge in [-0.1, -0.05) is 6.92 Å². The summed E-state index contributed by atoms with van der Waals surface area (Å²) in [7, 11) is 0. The molecule has 0 N–H and O–H groups in total. The number of aryl methyl sites for hydroxylation is 2. The first kappa shape index (κ1) is 18.9. The first-order valence-electron chi connectivity index (χ1n) is 9.83. The summed E-state index contributed by atoms with van der Waals surface area (Å²) < 4.78 is 0. The number of hydrogen-bond donors (Lipinski definition) is 0. The van der Waals surface area contributed by atoms with Gasteiger partial charge in [0.1, 0.15) is 0 Å². The Morgan fingerprint density at radius 3 is 2.32 bits per heavy atom. The summed E-state index contributed by atoms with van der Waals surface area (Å²) in [6, 6.07) is 2.34. The molecule has 2 fully saturated rings. The van der Waals surface area contributed by atoms with E-state index < -0.39 is 0 Å². The molecule has 0 saturated carbocycles. The molecular formula is C20H33N3OS. The Kier molecular flexibility index (Phi) is 6.53. The monoisotopic (exact) mass is 363 g/mol. The van der Waals surface area contributed by atoms with Crippen LogP contribution >= 0.6 is 11.3 Å². The molecule has 0 atom stereocenters. The lowest BCUT2D eigenvalue weighted by molar-refractivity contribution is -0.134. The Morgan fingerprint density at radius 2 is 1.76 bits per heavy atom. The van der Waals surface area contributed by atoms with Gasteiger partial charge in [-0.3, -0.25) is 9.69 Å². The molecule has 2 aliphatic rings. The third-order valence-corrected chi connectivity index (χ3v) is 6.89. The van der Waals surface area contributed by atoms with Crippen LogP contribution in [0, 0.1) is 19.8 Å². The number of rotatable bonds is 5. The molecule has 140 valence electrons. The van der Waals surface area contributed by atoms with Crippen LogP contribution in [0.2, 0.25) is 0 Å². The highest BCUT2D eigenvalue weighted by Gasteiger charge is 2.26. The van der Waals surface area contributed by atoms with Crippen LogP contribution in [0.15, 0.2) is 6.07 Å². The molecule has 3 heterocycles. The highest BCUT2D eigenvalue weighted by molar-refractivity contribution is 7.12.